The number of carboxylic acids is 1. The molecule has 7 nitrogen and oxygen atoms in total. The summed E-state index contributed by atoms with van der Waals surface area (Å²) in [4.78, 5) is 10.4. The van der Waals surface area contributed by atoms with E-state index in [2.05, 4.69) is 13.0 Å². The van der Waals surface area contributed by atoms with E-state index in [0.717, 1.165) is 51.4 Å². The van der Waals surface area contributed by atoms with E-state index >= 15 is 0 Å². The van der Waals surface area contributed by atoms with Crippen LogP contribution in [0.2, 0.25) is 0 Å². The Bertz CT molecular complexity index is 843. The summed E-state index contributed by atoms with van der Waals surface area (Å²) in [6, 6.07) is 5.98. The molecule has 1 aromatic rings. The zero-order valence-corrected chi connectivity index (χ0v) is 21.0. The maximum absolute atomic E-state index is 10.8. The number of phenolic OH excluding ortho intramolecular Hbond substituents is 1. The number of ether oxygens (including phenoxy) is 3. The molecular formula is C28H42O7. The van der Waals surface area contributed by atoms with Crippen LogP contribution in [0.4, 0.5) is 0 Å². The number of aliphatic carboxylic acids is 1. The molecule has 0 heterocycles. The molecule has 0 amide bonds. The Morgan fingerprint density at radius 3 is 2.54 bits per heavy atom. The quantitative estimate of drug-likeness (QED) is 0.357. The summed E-state index contributed by atoms with van der Waals surface area (Å²) in [7, 11) is 0. The van der Waals surface area contributed by atoms with E-state index in [1.54, 1.807) is 0 Å². The molecule has 0 aliphatic heterocycles. The molecule has 6 atom stereocenters. The summed E-state index contributed by atoms with van der Waals surface area (Å²) in [6.45, 7) is 4.38. The van der Waals surface area contributed by atoms with Gasteiger partial charge >= 0.3 is 5.97 Å². The number of fused-ring (bicyclic) bond motifs is 5. The molecule has 0 radical (unpaired) electrons. The molecule has 2 fully saturated rings. The fourth-order valence-corrected chi connectivity index (χ4v) is 7.24. The molecule has 2 saturated carbocycles. The van der Waals surface area contributed by atoms with Crippen LogP contribution >= 0.6 is 0 Å². The van der Waals surface area contributed by atoms with Crippen molar-refractivity contribution in [1.29, 1.82) is 0 Å². The minimum absolute atomic E-state index is 0.0512. The lowest BCUT2D eigenvalue weighted by Gasteiger charge is -2.53. The molecule has 6 unspecified atom stereocenters. The van der Waals surface area contributed by atoms with Crippen molar-refractivity contribution in [2.24, 2.45) is 23.2 Å². The Morgan fingerprint density at radius 2 is 1.77 bits per heavy atom. The first-order valence-electron chi connectivity index (χ1n) is 13.3. The normalized spacial score (nSPS) is 31.5. The van der Waals surface area contributed by atoms with Gasteiger partial charge in [-0.2, -0.15) is 0 Å². The maximum Gasteiger partial charge on any atom is 0.329 e. The molecule has 0 aromatic heterocycles. The summed E-state index contributed by atoms with van der Waals surface area (Å²) in [5.41, 5.74) is 2.80. The zero-order chi connectivity index (χ0) is 24.8. The van der Waals surface area contributed by atoms with Gasteiger partial charge < -0.3 is 29.5 Å². The Balaban J connectivity index is 1.24. The second-order valence-corrected chi connectivity index (χ2v) is 10.9. The Labute approximate surface area is 208 Å². The van der Waals surface area contributed by atoms with Crippen LogP contribution in [-0.2, 0) is 25.4 Å². The van der Waals surface area contributed by atoms with Crippen molar-refractivity contribution in [3.05, 3.63) is 29.3 Å². The van der Waals surface area contributed by atoms with Crippen molar-refractivity contribution in [3.8, 4) is 5.75 Å². The number of aromatic hydroxyl groups is 1. The van der Waals surface area contributed by atoms with Gasteiger partial charge in [0.1, 0.15) is 12.4 Å². The van der Waals surface area contributed by atoms with Crippen molar-refractivity contribution in [3.63, 3.8) is 0 Å². The molecule has 3 aliphatic carbocycles. The van der Waals surface area contributed by atoms with Crippen molar-refractivity contribution >= 4 is 5.97 Å². The topological polar surface area (TPSA) is 105 Å². The van der Waals surface area contributed by atoms with Crippen LogP contribution in [0, 0.1) is 23.2 Å². The smallest absolute Gasteiger partial charge is 0.329 e. The monoisotopic (exact) mass is 490 g/mol. The number of carbonyl (C=O) groups is 1. The number of aliphatic hydroxyl groups excluding tert-OH is 1. The van der Waals surface area contributed by atoms with Crippen LogP contribution in [-0.4, -0.2) is 67.0 Å². The first kappa shape index (κ1) is 26.4. The lowest BCUT2D eigenvalue weighted by Crippen LogP contribution is -2.47. The van der Waals surface area contributed by atoms with Crippen molar-refractivity contribution < 1.29 is 34.3 Å². The lowest BCUT2D eigenvalue weighted by atomic mass is 9.52. The Morgan fingerprint density at radius 1 is 1.03 bits per heavy atom. The molecule has 4 rings (SSSR count). The van der Waals surface area contributed by atoms with Gasteiger partial charge in [0.2, 0.25) is 0 Å². The average molecular weight is 491 g/mol. The number of unbranched alkanes of at least 4 members (excludes halogenated alkanes) is 1. The Hall–Kier alpha value is -1.67. The predicted octanol–water partition coefficient (Wildman–Crippen LogP) is 4.14. The summed E-state index contributed by atoms with van der Waals surface area (Å²) < 4.78 is 16.0. The van der Waals surface area contributed by atoms with E-state index in [9.17, 15) is 15.0 Å². The van der Waals surface area contributed by atoms with E-state index in [1.165, 1.54) is 11.1 Å². The summed E-state index contributed by atoms with van der Waals surface area (Å²) in [5, 5.41) is 29.4. The number of aliphatic hydroxyl groups is 1. The second-order valence-electron chi connectivity index (χ2n) is 10.9. The molecule has 0 spiro atoms. The third-order valence-corrected chi connectivity index (χ3v) is 8.92. The van der Waals surface area contributed by atoms with Gasteiger partial charge in [-0.05, 0) is 97.3 Å². The summed E-state index contributed by atoms with van der Waals surface area (Å²) >= 11 is 0. The minimum atomic E-state index is -0.974. The lowest BCUT2D eigenvalue weighted by molar-refractivity contribution is -0.142. The fourth-order valence-electron chi connectivity index (χ4n) is 7.24. The highest BCUT2D eigenvalue weighted by molar-refractivity contribution is 5.67. The average Bonchev–Trinajstić information content (AvgIpc) is 3.13. The number of carboxylic acid groups (broad SMARTS) is 1. The van der Waals surface area contributed by atoms with Crippen LogP contribution in [0.1, 0.15) is 68.9 Å². The highest BCUT2D eigenvalue weighted by Crippen LogP contribution is 2.62. The number of benzene rings is 1. The van der Waals surface area contributed by atoms with Gasteiger partial charge in [0.25, 0.3) is 0 Å². The van der Waals surface area contributed by atoms with Crippen LogP contribution in [0.3, 0.4) is 0 Å². The van der Waals surface area contributed by atoms with Gasteiger partial charge in [-0.15, -0.1) is 0 Å². The van der Waals surface area contributed by atoms with Gasteiger partial charge in [0.15, 0.2) is 0 Å². The molecule has 0 bridgehead atoms. The van der Waals surface area contributed by atoms with Gasteiger partial charge in [-0.25, -0.2) is 4.79 Å². The number of hydrogen-bond donors (Lipinski definition) is 3. The highest BCUT2D eigenvalue weighted by atomic mass is 16.5. The van der Waals surface area contributed by atoms with Gasteiger partial charge in [0.05, 0.1) is 32.5 Å². The number of rotatable bonds is 13. The zero-order valence-electron chi connectivity index (χ0n) is 21.0. The van der Waals surface area contributed by atoms with E-state index in [-0.39, 0.29) is 24.7 Å². The van der Waals surface area contributed by atoms with E-state index in [4.69, 9.17) is 19.3 Å². The Kier molecular flexibility index (Phi) is 9.08. The largest absolute Gasteiger partial charge is 0.508 e. The van der Waals surface area contributed by atoms with Crippen molar-refractivity contribution in [2.45, 2.75) is 70.3 Å². The minimum Gasteiger partial charge on any atom is -0.508 e. The van der Waals surface area contributed by atoms with Crippen LogP contribution in [0.25, 0.3) is 0 Å². The van der Waals surface area contributed by atoms with Crippen molar-refractivity contribution in [2.75, 3.05) is 39.6 Å². The van der Waals surface area contributed by atoms with E-state index in [1.807, 2.05) is 12.1 Å². The van der Waals surface area contributed by atoms with Crippen LogP contribution in [0.15, 0.2) is 18.2 Å². The molecule has 7 heteroatoms. The van der Waals surface area contributed by atoms with E-state index < -0.39 is 5.97 Å². The maximum atomic E-state index is 10.8. The molecule has 3 aliphatic rings. The number of hydrogen-bond acceptors (Lipinski definition) is 6. The van der Waals surface area contributed by atoms with Crippen LogP contribution in [0.5, 0.6) is 5.75 Å². The van der Waals surface area contributed by atoms with Crippen LogP contribution < -0.4 is 0 Å². The second kappa shape index (κ2) is 12.0. The van der Waals surface area contributed by atoms with Crippen molar-refractivity contribution in [1.82, 2.24) is 0 Å². The molecule has 0 saturated heterocycles. The van der Waals surface area contributed by atoms with Gasteiger partial charge in [-0.1, -0.05) is 19.4 Å². The third kappa shape index (κ3) is 6.19. The molecule has 35 heavy (non-hydrogen) atoms. The van der Waals surface area contributed by atoms with Gasteiger partial charge in [-0.3, -0.25) is 0 Å². The molecule has 3 N–H and O–H groups in total. The molecular weight excluding hydrogens is 448 g/mol. The fraction of sp³-hybridized carbons (Fsp3) is 0.750. The first-order chi connectivity index (χ1) is 16.9. The third-order valence-electron chi connectivity index (χ3n) is 8.92. The summed E-state index contributed by atoms with van der Waals surface area (Å²) in [6.07, 6.45) is 8.41. The molecule has 196 valence electrons. The molecule has 1 aromatic carbocycles. The first-order valence-corrected chi connectivity index (χ1v) is 13.3. The predicted molar refractivity (Wildman–Crippen MR) is 132 cm³/mol. The summed E-state index contributed by atoms with van der Waals surface area (Å²) in [5.74, 6) is 1.70. The highest BCUT2D eigenvalue weighted by Gasteiger charge is 2.56. The standard InChI is InChI=1S/C28H42O7/c1-28-10-9-23-22-6-5-21(29)17-20(22)16-19(27(23)24(28)7-8-25(28)30)4-2-3-11-33-12-13-34-14-15-35-18-26(31)32/h5-6,17,19,23-25,27,29-30H,2-4,7-16,18H2,1H3,(H,31,32). The van der Waals surface area contributed by atoms with E-state index in [0.29, 0.717) is 55.8 Å². The SMILES string of the molecule is CC12CCC3c4ccc(O)cc4CC(CCCCOCCOCCOCC(=O)O)C3C1CCC2O. The van der Waals surface area contributed by atoms with Gasteiger partial charge in [0, 0.05) is 6.61 Å². The number of phenols is 1.